The normalized spacial score (nSPS) is 12.3. The third-order valence-corrected chi connectivity index (χ3v) is 3.55. The van der Waals surface area contributed by atoms with E-state index in [-0.39, 0.29) is 12.3 Å². The van der Waals surface area contributed by atoms with Crippen molar-refractivity contribution in [2.24, 2.45) is 0 Å². The summed E-state index contributed by atoms with van der Waals surface area (Å²) in [7, 11) is 0. The number of aromatic amines is 1. The van der Waals surface area contributed by atoms with Gasteiger partial charge in [-0.15, -0.1) is 0 Å². The van der Waals surface area contributed by atoms with E-state index in [1.54, 1.807) is 6.33 Å². The highest BCUT2D eigenvalue weighted by Crippen LogP contribution is 2.27. The highest BCUT2D eigenvalue weighted by molar-refractivity contribution is 5.67. The second kappa shape index (κ2) is 5.69. The molecule has 0 saturated heterocycles. The van der Waals surface area contributed by atoms with E-state index in [4.69, 9.17) is 5.11 Å². The van der Waals surface area contributed by atoms with Gasteiger partial charge < -0.3 is 10.1 Å². The van der Waals surface area contributed by atoms with Crippen LogP contribution in [0.4, 0.5) is 0 Å². The Kier molecular flexibility index (Phi) is 4.00. The lowest BCUT2D eigenvalue weighted by molar-refractivity contribution is -0.136. The molecule has 1 aromatic heterocycles. The van der Waals surface area contributed by atoms with Crippen LogP contribution >= 0.6 is 0 Å². The predicted octanol–water partition coefficient (Wildman–Crippen LogP) is 2.89. The molecule has 0 fully saturated rings. The van der Waals surface area contributed by atoms with E-state index in [1.807, 2.05) is 18.3 Å². The van der Waals surface area contributed by atoms with Gasteiger partial charge in [0.15, 0.2) is 0 Å². The van der Waals surface area contributed by atoms with E-state index < -0.39 is 5.97 Å². The predicted molar refractivity (Wildman–Crippen MR) is 73.2 cm³/mol. The van der Waals surface area contributed by atoms with Gasteiger partial charge in [0.1, 0.15) is 0 Å². The van der Waals surface area contributed by atoms with E-state index >= 15 is 0 Å². The standard InChI is InChI=1S/C15H18N2O2/c1-10-12(6-7-15(18)19)4-3-5-13(10)11(2)14-8-16-9-17-14/h3-5,8-9,11H,6-7H2,1-2H3,(H,16,17)(H,18,19)/t11-/m0/s1. The Balaban J connectivity index is 2.26. The van der Waals surface area contributed by atoms with E-state index in [0.717, 1.165) is 11.3 Å². The molecule has 2 rings (SSSR count). The Hall–Kier alpha value is -2.10. The SMILES string of the molecule is Cc1c(CCC(=O)O)cccc1[C@H](C)c1cnc[nH]1. The maximum Gasteiger partial charge on any atom is 0.303 e. The second-order valence-electron chi connectivity index (χ2n) is 4.75. The average molecular weight is 258 g/mol. The summed E-state index contributed by atoms with van der Waals surface area (Å²) in [5.41, 5.74) is 4.56. The van der Waals surface area contributed by atoms with Gasteiger partial charge in [0.05, 0.1) is 6.33 Å². The van der Waals surface area contributed by atoms with Crippen LogP contribution in [-0.4, -0.2) is 21.0 Å². The van der Waals surface area contributed by atoms with Gasteiger partial charge in [-0.25, -0.2) is 4.98 Å². The Morgan fingerprint density at radius 2 is 2.26 bits per heavy atom. The largest absolute Gasteiger partial charge is 0.481 e. The number of aliphatic carboxylic acids is 1. The lowest BCUT2D eigenvalue weighted by Crippen LogP contribution is -2.04. The van der Waals surface area contributed by atoms with Crippen molar-refractivity contribution >= 4 is 5.97 Å². The Morgan fingerprint density at radius 1 is 1.47 bits per heavy atom. The minimum Gasteiger partial charge on any atom is -0.481 e. The van der Waals surface area contributed by atoms with Crippen molar-refractivity contribution in [3.8, 4) is 0 Å². The van der Waals surface area contributed by atoms with Crippen molar-refractivity contribution in [1.82, 2.24) is 9.97 Å². The summed E-state index contributed by atoms with van der Waals surface area (Å²) in [4.78, 5) is 17.9. The van der Waals surface area contributed by atoms with Gasteiger partial charge in [-0.3, -0.25) is 4.79 Å². The molecule has 0 bridgehead atoms. The zero-order valence-corrected chi connectivity index (χ0v) is 11.2. The third kappa shape index (κ3) is 3.02. The smallest absolute Gasteiger partial charge is 0.303 e. The minimum atomic E-state index is -0.758. The molecular formula is C15H18N2O2. The van der Waals surface area contributed by atoms with Crippen molar-refractivity contribution in [1.29, 1.82) is 0 Å². The van der Waals surface area contributed by atoms with Crippen LogP contribution in [0.1, 0.15) is 41.6 Å². The number of imidazole rings is 1. The lowest BCUT2D eigenvalue weighted by Gasteiger charge is -2.16. The molecule has 4 heteroatoms. The number of H-pyrrole nitrogens is 1. The van der Waals surface area contributed by atoms with E-state index in [1.165, 1.54) is 11.1 Å². The van der Waals surface area contributed by atoms with Crippen molar-refractivity contribution in [3.05, 3.63) is 53.1 Å². The molecule has 0 aliphatic rings. The molecule has 2 aromatic rings. The fourth-order valence-electron chi connectivity index (χ4n) is 2.36. The van der Waals surface area contributed by atoms with Gasteiger partial charge in [0.2, 0.25) is 0 Å². The van der Waals surface area contributed by atoms with Gasteiger partial charge in [-0.05, 0) is 30.0 Å². The maximum atomic E-state index is 10.7. The monoisotopic (exact) mass is 258 g/mol. The fraction of sp³-hybridized carbons (Fsp3) is 0.333. The lowest BCUT2D eigenvalue weighted by atomic mass is 9.90. The van der Waals surface area contributed by atoms with Crippen molar-refractivity contribution in [2.75, 3.05) is 0 Å². The Bertz CT molecular complexity index is 562. The molecule has 0 amide bonds. The number of nitrogens with zero attached hydrogens (tertiary/aromatic N) is 1. The minimum absolute atomic E-state index is 0.169. The Morgan fingerprint density at radius 3 is 2.89 bits per heavy atom. The molecule has 100 valence electrons. The van der Waals surface area contributed by atoms with Crippen LogP contribution in [0.15, 0.2) is 30.7 Å². The molecule has 19 heavy (non-hydrogen) atoms. The summed E-state index contributed by atoms with van der Waals surface area (Å²) in [5, 5.41) is 8.78. The summed E-state index contributed by atoms with van der Waals surface area (Å²) in [6.45, 7) is 4.18. The quantitative estimate of drug-likeness (QED) is 0.866. The summed E-state index contributed by atoms with van der Waals surface area (Å²) < 4.78 is 0. The van der Waals surface area contributed by atoms with E-state index in [2.05, 4.69) is 29.9 Å². The van der Waals surface area contributed by atoms with Gasteiger partial charge in [0, 0.05) is 24.2 Å². The first-order valence-corrected chi connectivity index (χ1v) is 6.38. The van der Waals surface area contributed by atoms with Gasteiger partial charge in [-0.2, -0.15) is 0 Å². The number of aromatic nitrogens is 2. The molecular weight excluding hydrogens is 240 g/mol. The molecule has 1 aromatic carbocycles. The number of carboxylic acid groups (broad SMARTS) is 1. The van der Waals surface area contributed by atoms with Crippen LogP contribution in [0.2, 0.25) is 0 Å². The number of carboxylic acids is 1. The molecule has 1 heterocycles. The molecule has 0 saturated carbocycles. The number of benzene rings is 1. The van der Waals surface area contributed by atoms with Crippen molar-refractivity contribution in [2.45, 2.75) is 32.6 Å². The molecule has 1 atom stereocenters. The van der Waals surface area contributed by atoms with Crippen LogP contribution in [0.5, 0.6) is 0 Å². The number of hydrogen-bond acceptors (Lipinski definition) is 2. The van der Waals surface area contributed by atoms with Crippen LogP contribution < -0.4 is 0 Å². The fourth-order valence-corrected chi connectivity index (χ4v) is 2.36. The molecule has 0 aliphatic carbocycles. The summed E-state index contributed by atoms with van der Waals surface area (Å²) in [6, 6.07) is 6.08. The molecule has 0 spiro atoms. The van der Waals surface area contributed by atoms with E-state index in [0.29, 0.717) is 6.42 Å². The first kappa shape index (κ1) is 13.3. The molecule has 2 N–H and O–H groups in total. The first-order chi connectivity index (χ1) is 9.09. The highest BCUT2D eigenvalue weighted by atomic mass is 16.4. The zero-order chi connectivity index (χ0) is 13.8. The van der Waals surface area contributed by atoms with Crippen LogP contribution in [-0.2, 0) is 11.2 Å². The number of rotatable bonds is 5. The van der Waals surface area contributed by atoms with Gasteiger partial charge >= 0.3 is 5.97 Å². The average Bonchev–Trinajstić information content (AvgIpc) is 2.90. The first-order valence-electron chi connectivity index (χ1n) is 6.38. The Labute approximate surface area is 112 Å². The molecule has 4 nitrogen and oxygen atoms in total. The van der Waals surface area contributed by atoms with Gasteiger partial charge in [-0.1, -0.05) is 25.1 Å². The second-order valence-corrected chi connectivity index (χ2v) is 4.75. The molecule has 0 unspecified atom stereocenters. The topological polar surface area (TPSA) is 66.0 Å². The molecule has 0 radical (unpaired) electrons. The third-order valence-electron chi connectivity index (χ3n) is 3.55. The van der Waals surface area contributed by atoms with E-state index in [9.17, 15) is 4.79 Å². The number of aryl methyl sites for hydroxylation is 1. The van der Waals surface area contributed by atoms with Crippen molar-refractivity contribution in [3.63, 3.8) is 0 Å². The van der Waals surface area contributed by atoms with Crippen LogP contribution in [0.3, 0.4) is 0 Å². The van der Waals surface area contributed by atoms with Crippen LogP contribution in [0.25, 0.3) is 0 Å². The zero-order valence-electron chi connectivity index (χ0n) is 11.2. The summed E-state index contributed by atoms with van der Waals surface area (Å²) >= 11 is 0. The van der Waals surface area contributed by atoms with Crippen LogP contribution in [0, 0.1) is 6.92 Å². The summed E-state index contributed by atoms with van der Waals surface area (Å²) in [5.74, 6) is -0.529. The highest BCUT2D eigenvalue weighted by Gasteiger charge is 2.14. The van der Waals surface area contributed by atoms with Crippen molar-refractivity contribution < 1.29 is 9.90 Å². The number of carbonyl (C=O) groups is 1. The summed E-state index contributed by atoms with van der Waals surface area (Å²) in [6.07, 6.45) is 4.25. The maximum absolute atomic E-state index is 10.7. The molecule has 0 aliphatic heterocycles. The van der Waals surface area contributed by atoms with Gasteiger partial charge in [0.25, 0.3) is 0 Å². The number of hydrogen-bond donors (Lipinski definition) is 2. The number of nitrogens with one attached hydrogen (secondary N) is 1.